The van der Waals surface area contributed by atoms with Crippen molar-refractivity contribution in [2.24, 2.45) is 5.73 Å². The number of piperidine rings is 1. The van der Waals surface area contributed by atoms with E-state index in [1.165, 1.54) is 6.07 Å². The number of nitrogens with two attached hydrogens (primary N) is 1. The third kappa shape index (κ3) is 2.95. The van der Waals surface area contributed by atoms with Gasteiger partial charge in [-0.3, -0.25) is 4.79 Å². The summed E-state index contributed by atoms with van der Waals surface area (Å²) >= 11 is 0. The molecule has 0 aliphatic carbocycles. The van der Waals surface area contributed by atoms with E-state index in [-0.39, 0.29) is 23.7 Å². The molecule has 1 aliphatic rings. The van der Waals surface area contributed by atoms with Gasteiger partial charge in [-0.05, 0) is 37.8 Å². The van der Waals surface area contributed by atoms with E-state index in [9.17, 15) is 9.18 Å². The molecule has 0 saturated carbocycles. The van der Waals surface area contributed by atoms with Crippen LogP contribution in [0.1, 0.15) is 31.7 Å². The molecule has 104 valence electrons. The summed E-state index contributed by atoms with van der Waals surface area (Å²) in [6, 6.07) is 6.44. The summed E-state index contributed by atoms with van der Waals surface area (Å²) in [5.41, 5.74) is 6.00. The SMILES string of the molecule is CC1(CN)CCCCN1C(=O)Cc1ccccc1F. The molecular formula is C15H21FN2O. The first-order valence-electron chi connectivity index (χ1n) is 6.81. The standard InChI is InChI=1S/C15H21FN2O/c1-15(11-17)8-4-5-9-18(15)14(19)10-12-6-2-3-7-13(12)16/h2-3,6-7H,4-5,8-11,17H2,1H3. The number of carbonyl (C=O) groups excluding carboxylic acids is 1. The molecule has 1 atom stereocenters. The Morgan fingerprint density at radius 1 is 1.42 bits per heavy atom. The number of amides is 1. The Bertz CT molecular complexity index is 463. The zero-order valence-electron chi connectivity index (χ0n) is 11.4. The summed E-state index contributed by atoms with van der Waals surface area (Å²) in [5, 5.41) is 0. The van der Waals surface area contributed by atoms with Gasteiger partial charge in [-0.2, -0.15) is 0 Å². The summed E-state index contributed by atoms with van der Waals surface area (Å²) in [5.74, 6) is -0.347. The maximum Gasteiger partial charge on any atom is 0.227 e. The van der Waals surface area contributed by atoms with E-state index in [1.807, 2.05) is 11.8 Å². The molecule has 0 spiro atoms. The fourth-order valence-corrected chi connectivity index (χ4v) is 2.72. The number of likely N-dealkylation sites (tertiary alicyclic amines) is 1. The van der Waals surface area contributed by atoms with Crippen molar-refractivity contribution >= 4 is 5.91 Å². The highest BCUT2D eigenvalue weighted by atomic mass is 19.1. The van der Waals surface area contributed by atoms with Crippen LogP contribution < -0.4 is 5.73 Å². The van der Waals surface area contributed by atoms with Crippen LogP contribution in [0.3, 0.4) is 0 Å². The van der Waals surface area contributed by atoms with Crippen molar-refractivity contribution in [2.45, 2.75) is 38.1 Å². The Kier molecular flexibility index (Phi) is 4.20. The normalized spacial score (nSPS) is 23.4. The van der Waals surface area contributed by atoms with Gasteiger partial charge in [0.1, 0.15) is 5.82 Å². The monoisotopic (exact) mass is 264 g/mol. The van der Waals surface area contributed by atoms with Crippen molar-refractivity contribution in [3.8, 4) is 0 Å². The first-order valence-corrected chi connectivity index (χ1v) is 6.81. The fourth-order valence-electron chi connectivity index (χ4n) is 2.72. The van der Waals surface area contributed by atoms with E-state index in [0.717, 1.165) is 25.8 Å². The third-order valence-electron chi connectivity index (χ3n) is 4.04. The second-order valence-corrected chi connectivity index (χ2v) is 5.47. The van der Waals surface area contributed by atoms with E-state index >= 15 is 0 Å². The number of halogens is 1. The van der Waals surface area contributed by atoms with E-state index in [0.29, 0.717) is 12.1 Å². The van der Waals surface area contributed by atoms with Gasteiger partial charge in [0.25, 0.3) is 0 Å². The first-order chi connectivity index (χ1) is 9.07. The minimum atomic E-state index is -0.317. The zero-order chi connectivity index (χ0) is 13.9. The van der Waals surface area contributed by atoms with Crippen LogP contribution in [0, 0.1) is 5.82 Å². The summed E-state index contributed by atoms with van der Waals surface area (Å²) in [7, 11) is 0. The van der Waals surface area contributed by atoms with Gasteiger partial charge in [0.15, 0.2) is 0 Å². The summed E-state index contributed by atoms with van der Waals surface area (Å²) < 4.78 is 13.6. The predicted octanol–water partition coefficient (Wildman–Crippen LogP) is 2.10. The third-order valence-corrected chi connectivity index (χ3v) is 4.04. The van der Waals surface area contributed by atoms with Crippen molar-refractivity contribution in [1.82, 2.24) is 4.90 Å². The molecular weight excluding hydrogens is 243 g/mol. The molecule has 0 bridgehead atoms. The molecule has 3 nitrogen and oxygen atoms in total. The Balaban J connectivity index is 2.13. The number of hydrogen-bond donors (Lipinski definition) is 1. The maximum atomic E-state index is 13.6. The Labute approximate surface area is 113 Å². The minimum Gasteiger partial charge on any atom is -0.336 e. The van der Waals surface area contributed by atoms with Gasteiger partial charge >= 0.3 is 0 Å². The van der Waals surface area contributed by atoms with Crippen LogP contribution in [-0.2, 0) is 11.2 Å². The van der Waals surface area contributed by atoms with Crippen LogP contribution >= 0.6 is 0 Å². The van der Waals surface area contributed by atoms with Crippen molar-refractivity contribution in [3.63, 3.8) is 0 Å². The van der Waals surface area contributed by atoms with Gasteiger partial charge in [-0.15, -0.1) is 0 Å². The minimum absolute atomic E-state index is 0.0299. The summed E-state index contributed by atoms with van der Waals surface area (Å²) in [4.78, 5) is 14.2. The molecule has 0 aromatic heterocycles. The molecule has 4 heteroatoms. The Morgan fingerprint density at radius 2 is 2.16 bits per heavy atom. The zero-order valence-corrected chi connectivity index (χ0v) is 11.4. The highest BCUT2D eigenvalue weighted by molar-refractivity contribution is 5.79. The average Bonchev–Trinajstić information content (AvgIpc) is 2.42. The van der Waals surface area contributed by atoms with Gasteiger partial charge in [0.2, 0.25) is 5.91 Å². The van der Waals surface area contributed by atoms with E-state index in [2.05, 4.69) is 0 Å². The molecule has 1 aliphatic heterocycles. The molecule has 1 fully saturated rings. The molecule has 19 heavy (non-hydrogen) atoms. The lowest BCUT2D eigenvalue weighted by Crippen LogP contribution is -2.57. The molecule has 0 radical (unpaired) electrons. The lowest BCUT2D eigenvalue weighted by Gasteiger charge is -2.44. The molecule has 1 saturated heterocycles. The molecule has 1 aromatic rings. The van der Waals surface area contributed by atoms with Crippen molar-refractivity contribution < 1.29 is 9.18 Å². The topological polar surface area (TPSA) is 46.3 Å². The smallest absolute Gasteiger partial charge is 0.227 e. The largest absolute Gasteiger partial charge is 0.336 e. The second-order valence-electron chi connectivity index (χ2n) is 5.47. The van der Waals surface area contributed by atoms with Crippen molar-refractivity contribution in [2.75, 3.05) is 13.1 Å². The van der Waals surface area contributed by atoms with Crippen LogP contribution in [0.15, 0.2) is 24.3 Å². The first kappa shape index (κ1) is 14.0. The fraction of sp³-hybridized carbons (Fsp3) is 0.533. The second kappa shape index (κ2) is 5.70. The lowest BCUT2D eigenvalue weighted by molar-refractivity contribution is -0.138. The molecule has 1 amide bonds. The van der Waals surface area contributed by atoms with Crippen LogP contribution in [0.5, 0.6) is 0 Å². The number of hydrogen-bond acceptors (Lipinski definition) is 2. The van der Waals surface area contributed by atoms with E-state index in [4.69, 9.17) is 5.73 Å². The van der Waals surface area contributed by atoms with Gasteiger partial charge in [-0.25, -0.2) is 4.39 Å². The van der Waals surface area contributed by atoms with Crippen molar-refractivity contribution in [3.05, 3.63) is 35.6 Å². The number of carbonyl (C=O) groups is 1. The predicted molar refractivity (Wildman–Crippen MR) is 73.1 cm³/mol. The number of nitrogens with zero attached hydrogens (tertiary/aromatic N) is 1. The van der Waals surface area contributed by atoms with Gasteiger partial charge < -0.3 is 10.6 Å². The highest BCUT2D eigenvalue weighted by Crippen LogP contribution is 2.27. The lowest BCUT2D eigenvalue weighted by atomic mass is 9.88. The van der Waals surface area contributed by atoms with Crippen LogP contribution in [0.4, 0.5) is 4.39 Å². The summed E-state index contributed by atoms with van der Waals surface area (Å²) in [6.07, 6.45) is 3.13. The molecule has 1 unspecified atom stereocenters. The van der Waals surface area contributed by atoms with E-state index in [1.54, 1.807) is 18.2 Å². The number of benzene rings is 1. The Morgan fingerprint density at radius 3 is 2.84 bits per heavy atom. The number of rotatable bonds is 3. The molecule has 1 heterocycles. The van der Waals surface area contributed by atoms with E-state index < -0.39 is 0 Å². The average molecular weight is 264 g/mol. The van der Waals surface area contributed by atoms with Crippen LogP contribution in [-0.4, -0.2) is 29.4 Å². The van der Waals surface area contributed by atoms with Crippen molar-refractivity contribution in [1.29, 1.82) is 0 Å². The summed E-state index contributed by atoms with van der Waals surface area (Å²) in [6.45, 7) is 3.20. The van der Waals surface area contributed by atoms with Gasteiger partial charge in [0, 0.05) is 13.1 Å². The highest BCUT2D eigenvalue weighted by Gasteiger charge is 2.36. The molecule has 2 rings (SSSR count). The molecule has 1 aromatic carbocycles. The quantitative estimate of drug-likeness (QED) is 0.908. The van der Waals surface area contributed by atoms with Gasteiger partial charge in [0.05, 0.1) is 12.0 Å². The molecule has 2 N–H and O–H groups in total. The van der Waals surface area contributed by atoms with Crippen LogP contribution in [0.2, 0.25) is 0 Å². The van der Waals surface area contributed by atoms with Crippen LogP contribution in [0.25, 0.3) is 0 Å². The van der Waals surface area contributed by atoms with Gasteiger partial charge in [-0.1, -0.05) is 18.2 Å². The Hall–Kier alpha value is -1.42. The maximum absolute atomic E-state index is 13.6.